The highest BCUT2D eigenvalue weighted by atomic mass is 32.2. The van der Waals surface area contributed by atoms with Gasteiger partial charge in [0.05, 0.1) is 19.1 Å². The minimum atomic E-state index is -3.37. The van der Waals surface area contributed by atoms with Gasteiger partial charge in [-0.15, -0.1) is 0 Å². The second-order valence-corrected chi connectivity index (χ2v) is 8.22. The monoisotopic (exact) mass is 405 g/mol. The van der Waals surface area contributed by atoms with Crippen LogP contribution in [0.25, 0.3) is 0 Å². The van der Waals surface area contributed by atoms with Crippen LogP contribution in [0.4, 0.5) is 5.69 Å². The van der Waals surface area contributed by atoms with Gasteiger partial charge in [0.2, 0.25) is 10.0 Å². The number of hydrogen-bond acceptors (Lipinski definition) is 6. The molecule has 0 heterocycles. The molecule has 0 amide bonds. The Hall–Kier alpha value is -2.87. The van der Waals surface area contributed by atoms with Crippen molar-refractivity contribution in [1.29, 1.82) is 0 Å². The highest BCUT2D eigenvalue weighted by Crippen LogP contribution is 2.17. The van der Waals surface area contributed by atoms with Crippen molar-refractivity contribution in [1.82, 2.24) is 0 Å². The predicted molar refractivity (Wildman–Crippen MR) is 106 cm³/mol. The van der Waals surface area contributed by atoms with Crippen LogP contribution < -0.4 is 9.04 Å². The topological polar surface area (TPSA) is 90.0 Å². The van der Waals surface area contributed by atoms with Crippen molar-refractivity contribution in [3.63, 3.8) is 0 Å². The number of rotatable bonds is 9. The number of benzene rings is 2. The molecule has 0 fully saturated rings. The Balaban J connectivity index is 1.83. The Morgan fingerprint density at radius 2 is 1.61 bits per heavy atom. The molecule has 2 aromatic carbocycles. The second kappa shape index (κ2) is 9.36. The zero-order valence-corrected chi connectivity index (χ0v) is 16.9. The third-order valence-corrected chi connectivity index (χ3v) is 5.40. The Bertz CT molecular complexity index is 920. The van der Waals surface area contributed by atoms with Gasteiger partial charge in [-0.3, -0.25) is 13.9 Å². The van der Waals surface area contributed by atoms with E-state index >= 15 is 0 Å². The van der Waals surface area contributed by atoms with E-state index in [2.05, 4.69) is 0 Å². The average Bonchev–Trinajstić information content (AvgIpc) is 2.69. The maximum absolute atomic E-state index is 12.1. The fourth-order valence-corrected chi connectivity index (χ4v) is 2.89. The fraction of sp³-hybridized carbons (Fsp3) is 0.300. The van der Waals surface area contributed by atoms with Crippen LogP contribution in [0.2, 0.25) is 0 Å². The molecule has 0 saturated heterocycles. The number of carbonyl (C=O) groups excluding carboxylic acids is 2. The summed E-state index contributed by atoms with van der Waals surface area (Å²) in [5, 5.41) is 0. The van der Waals surface area contributed by atoms with Gasteiger partial charge in [-0.1, -0.05) is 12.1 Å². The standard InChI is InChI=1S/C20H23NO6S/c1-21(28(3,24)25)17-9-7-16(8-10-17)19(22)14-27-20(23)13-6-15-4-11-18(26-2)12-5-15/h4-5,7-12H,6,13-14H2,1-3H3. The van der Waals surface area contributed by atoms with Gasteiger partial charge < -0.3 is 9.47 Å². The smallest absolute Gasteiger partial charge is 0.306 e. The van der Waals surface area contributed by atoms with Crippen molar-refractivity contribution in [2.75, 3.05) is 31.3 Å². The van der Waals surface area contributed by atoms with Gasteiger partial charge >= 0.3 is 5.97 Å². The summed E-state index contributed by atoms with van der Waals surface area (Å²) in [4.78, 5) is 24.0. The van der Waals surface area contributed by atoms with Crippen LogP contribution in [0.1, 0.15) is 22.3 Å². The Kier molecular flexibility index (Phi) is 7.17. The molecule has 28 heavy (non-hydrogen) atoms. The van der Waals surface area contributed by atoms with Gasteiger partial charge in [-0.2, -0.15) is 0 Å². The largest absolute Gasteiger partial charge is 0.497 e. The third-order valence-electron chi connectivity index (χ3n) is 4.19. The van der Waals surface area contributed by atoms with E-state index in [0.717, 1.165) is 21.9 Å². The molecule has 0 aliphatic heterocycles. The molecule has 8 heteroatoms. The van der Waals surface area contributed by atoms with Crippen molar-refractivity contribution >= 4 is 27.5 Å². The van der Waals surface area contributed by atoms with Crippen LogP contribution >= 0.6 is 0 Å². The lowest BCUT2D eigenvalue weighted by molar-refractivity contribution is -0.142. The number of Topliss-reactive ketones (excluding diaryl/α,β-unsaturated/α-hetero) is 1. The average molecular weight is 405 g/mol. The lowest BCUT2D eigenvalue weighted by atomic mass is 10.1. The van der Waals surface area contributed by atoms with E-state index in [1.54, 1.807) is 7.11 Å². The number of ether oxygens (including phenoxy) is 2. The van der Waals surface area contributed by atoms with E-state index < -0.39 is 16.0 Å². The lowest BCUT2D eigenvalue weighted by Crippen LogP contribution is -2.24. The predicted octanol–water partition coefficient (Wildman–Crippen LogP) is 2.45. The zero-order chi connectivity index (χ0) is 20.7. The first-order chi connectivity index (χ1) is 13.2. The molecule has 0 saturated carbocycles. The van der Waals surface area contributed by atoms with Crippen LogP contribution in [-0.2, 0) is 26.0 Å². The van der Waals surface area contributed by atoms with Gasteiger partial charge in [-0.05, 0) is 48.4 Å². The van der Waals surface area contributed by atoms with E-state index in [0.29, 0.717) is 17.7 Å². The summed E-state index contributed by atoms with van der Waals surface area (Å²) in [6.45, 7) is -0.358. The highest BCUT2D eigenvalue weighted by Gasteiger charge is 2.14. The van der Waals surface area contributed by atoms with Crippen LogP contribution in [0.5, 0.6) is 5.75 Å². The summed E-state index contributed by atoms with van der Waals surface area (Å²) in [5.41, 5.74) is 1.75. The third kappa shape index (κ3) is 6.09. The first-order valence-corrected chi connectivity index (χ1v) is 10.4. The van der Waals surface area contributed by atoms with Crippen LogP contribution in [0.15, 0.2) is 48.5 Å². The molecule has 0 aromatic heterocycles. The van der Waals surface area contributed by atoms with E-state index in [4.69, 9.17) is 9.47 Å². The van der Waals surface area contributed by atoms with Gasteiger partial charge in [0.25, 0.3) is 0 Å². The maximum Gasteiger partial charge on any atom is 0.306 e. The van der Waals surface area contributed by atoms with Crippen LogP contribution in [-0.4, -0.2) is 47.2 Å². The molecule has 2 rings (SSSR count). The first-order valence-electron chi connectivity index (χ1n) is 8.56. The molecule has 7 nitrogen and oxygen atoms in total. The van der Waals surface area contributed by atoms with Crippen molar-refractivity contribution in [2.24, 2.45) is 0 Å². The Morgan fingerprint density at radius 1 is 1.00 bits per heavy atom. The molecule has 0 unspecified atom stereocenters. The van der Waals surface area contributed by atoms with Gasteiger partial charge in [0, 0.05) is 19.0 Å². The number of esters is 1. The Labute approximate surface area is 164 Å². The highest BCUT2D eigenvalue weighted by molar-refractivity contribution is 7.92. The molecule has 150 valence electrons. The number of nitrogens with zero attached hydrogens (tertiary/aromatic N) is 1. The quantitative estimate of drug-likeness (QED) is 0.470. The number of aryl methyl sites for hydroxylation is 1. The van der Waals surface area contributed by atoms with Crippen LogP contribution in [0, 0.1) is 0 Å². The summed E-state index contributed by atoms with van der Waals surface area (Å²) in [6, 6.07) is 13.4. The summed E-state index contributed by atoms with van der Waals surface area (Å²) < 4.78 is 34.3. The first kappa shape index (κ1) is 21.4. The van der Waals surface area contributed by atoms with Gasteiger partial charge in [0.1, 0.15) is 5.75 Å². The number of hydrogen-bond donors (Lipinski definition) is 0. The zero-order valence-electron chi connectivity index (χ0n) is 16.0. The van der Waals surface area contributed by atoms with Gasteiger partial charge in [-0.25, -0.2) is 8.42 Å². The molecule has 0 spiro atoms. The minimum Gasteiger partial charge on any atom is -0.497 e. The molecule has 0 N–H and O–H groups in total. The van der Waals surface area contributed by atoms with Crippen molar-refractivity contribution < 1.29 is 27.5 Å². The summed E-state index contributed by atoms with van der Waals surface area (Å²) in [5.74, 6) is -0.0744. The molecule has 2 aromatic rings. The normalized spacial score (nSPS) is 11.0. The molecular weight excluding hydrogens is 382 g/mol. The van der Waals surface area contributed by atoms with Crippen molar-refractivity contribution in [3.8, 4) is 5.75 Å². The van der Waals surface area contributed by atoms with Crippen molar-refractivity contribution in [3.05, 3.63) is 59.7 Å². The van der Waals surface area contributed by atoms with Crippen LogP contribution in [0.3, 0.4) is 0 Å². The molecular formula is C20H23NO6S. The molecule has 0 bridgehead atoms. The second-order valence-electron chi connectivity index (χ2n) is 6.21. The number of ketones is 1. The van der Waals surface area contributed by atoms with E-state index in [1.807, 2.05) is 24.3 Å². The Morgan fingerprint density at radius 3 is 2.14 bits per heavy atom. The summed E-state index contributed by atoms with van der Waals surface area (Å²) in [6.07, 6.45) is 1.76. The maximum atomic E-state index is 12.1. The minimum absolute atomic E-state index is 0.164. The molecule has 0 aliphatic carbocycles. The van der Waals surface area contributed by atoms with E-state index in [9.17, 15) is 18.0 Å². The van der Waals surface area contributed by atoms with E-state index in [-0.39, 0.29) is 18.8 Å². The number of sulfonamides is 1. The van der Waals surface area contributed by atoms with Gasteiger partial charge in [0.15, 0.2) is 12.4 Å². The molecule has 0 aliphatic rings. The molecule has 0 radical (unpaired) electrons. The summed E-state index contributed by atoms with van der Waals surface area (Å²) >= 11 is 0. The number of carbonyl (C=O) groups is 2. The number of anilines is 1. The summed E-state index contributed by atoms with van der Waals surface area (Å²) in [7, 11) is -0.360. The van der Waals surface area contributed by atoms with Crippen molar-refractivity contribution in [2.45, 2.75) is 12.8 Å². The number of methoxy groups -OCH3 is 1. The fourth-order valence-electron chi connectivity index (χ4n) is 2.39. The SMILES string of the molecule is COc1ccc(CCC(=O)OCC(=O)c2ccc(N(C)S(C)(=O)=O)cc2)cc1. The molecule has 0 atom stereocenters. The van der Waals surface area contributed by atoms with E-state index in [1.165, 1.54) is 31.3 Å². The lowest BCUT2D eigenvalue weighted by Gasteiger charge is -2.16.